The van der Waals surface area contributed by atoms with E-state index in [1.165, 1.54) is 84.4 Å². The lowest BCUT2D eigenvalue weighted by molar-refractivity contribution is 0.0918. The van der Waals surface area contributed by atoms with Crippen molar-refractivity contribution in [3.63, 3.8) is 0 Å². The number of carbonyl (C=O) groups excluding carboxylic acids is 2. The first kappa shape index (κ1) is 46.6. The van der Waals surface area contributed by atoms with Crippen LogP contribution in [0.15, 0.2) is 182 Å². The predicted molar refractivity (Wildman–Crippen MR) is 282 cm³/mol. The van der Waals surface area contributed by atoms with E-state index in [0.29, 0.717) is 48.3 Å². The maximum atomic E-state index is 13.1. The third-order valence-electron chi connectivity index (χ3n) is 15.6. The van der Waals surface area contributed by atoms with Gasteiger partial charge in [0, 0.05) is 47.1 Å². The number of Topliss-reactive ketones (excluding diaryl/α,β-unsaturated/α-hetero) is 2. The van der Waals surface area contributed by atoms with Crippen molar-refractivity contribution in [3.8, 4) is 22.3 Å². The van der Waals surface area contributed by atoms with E-state index in [0.717, 1.165) is 46.1 Å². The molecule has 2 aliphatic carbocycles. The fourth-order valence-electron chi connectivity index (χ4n) is 11.4. The standard InChI is InChI=1S/2C32H33NO/c2*1-2-23(21-32(34)28-18-16-26(17-19-28)24-8-4-3-5-9-24)25-12-14-27(15-13-25)30-20-29-10-6-7-11-31(29)33-22-30/h2*3-11,16-20,22-23,25,27H,2,12-15,21H2,1H3/t2*23-,25?,27?/m10/s1. The van der Waals surface area contributed by atoms with Crippen molar-refractivity contribution in [1.82, 2.24) is 9.97 Å². The molecule has 2 heterocycles. The largest absolute Gasteiger partial charge is 0.294 e. The quantitative estimate of drug-likeness (QED) is 0.102. The second-order valence-corrected chi connectivity index (χ2v) is 19.6. The molecule has 0 unspecified atom stereocenters. The summed E-state index contributed by atoms with van der Waals surface area (Å²) in [6.07, 6.45) is 17.2. The first-order chi connectivity index (χ1) is 33.4. The van der Waals surface area contributed by atoms with Gasteiger partial charge in [-0.3, -0.25) is 19.6 Å². The van der Waals surface area contributed by atoms with Crippen LogP contribution in [-0.4, -0.2) is 21.5 Å². The number of ketones is 2. The normalized spacial score (nSPS) is 19.1. The molecule has 0 amide bonds. The average molecular weight is 895 g/mol. The van der Waals surface area contributed by atoms with Crippen LogP contribution in [0.2, 0.25) is 0 Å². The fraction of sp³-hybridized carbons (Fsp3) is 0.312. The van der Waals surface area contributed by atoms with Crippen molar-refractivity contribution in [2.75, 3.05) is 0 Å². The highest BCUT2D eigenvalue weighted by Crippen LogP contribution is 2.43. The number of pyridine rings is 2. The van der Waals surface area contributed by atoms with Crippen LogP contribution >= 0.6 is 0 Å². The van der Waals surface area contributed by atoms with E-state index >= 15 is 0 Å². The maximum absolute atomic E-state index is 13.1. The van der Waals surface area contributed by atoms with Crippen molar-refractivity contribution < 1.29 is 9.59 Å². The highest BCUT2D eigenvalue weighted by molar-refractivity contribution is 5.97. The Hall–Kier alpha value is -6.52. The Balaban J connectivity index is 0.000000170. The zero-order valence-corrected chi connectivity index (χ0v) is 40.0. The summed E-state index contributed by atoms with van der Waals surface area (Å²) in [4.78, 5) is 35.6. The molecule has 10 rings (SSSR count). The van der Waals surface area contributed by atoms with Crippen LogP contribution in [0.1, 0.15) is 135 Å². The molecule has 6 aromatic carbocycles. The van der Waals surface area contributed by atoms with Gasteiger partial charge in [0.05, 0.1) is 11.0 Å². The van der Waals surface area contributed by atoms with Gasteiger partial charge in [-0.15, -0.1) is 0 Å². The molecule has 0 spiro atoms. The molecule has 2 atom stereocenters. The van der Waals surface area contributed by atoms with Gasteiger partial charge >= 0.3 is 0 Å². The Morgan fingerprint density at radius 3 is 1.13 bits per heavy atom. The van der Waals surface area contributed by atoms with Gasteiger partial charge < -0.3 is 0 Å². The lowest BCUT2D eigenvalue weighted by atomic mass is 9.71. The Kier molecular flexibility index (Phi) is 15.4. The molecule has 0 saturated heterocycles. The molecule has 68 heavy (non-hydrogen) atoms. The first-order valence-electron chi connectivity index (χ1n) is 25.5. The van der Waals surface area contributed by atoms with Gasteiger partial charge in [0.15, 0.2) is 11.6 Å². The van der Waals surface area contributed by atoms with Gasteiger partial charge in [0.25, 0.3) is 0 Å². The smallest absolute Gasteiger partial charge is 0.163 e. The minimum Gasteiger partial charge on any atom is -0.294 e. The number of para-hydroxylation sites is 2. The number of nitrogens with zero attached hydrogens (tertiary/aromatic N) is 2. The summed E-state index contributed by atoms with van der Waals surface area (Å²) in [6.45, 7) is 4.49. The van der Waals surface area contributed by atoms with Crippen molar-refractivity contribution in [1.29, 1.82) is 0 Å². The monoisotopic (exact) mass is 895 g/mol. The second-order valence-electron chi connectivity index (χ2n) is 19.6. The van der Waals surface area contributed by atoms with E-state index in [1.54, 1.807) is 0 Å². The summed E-state index contributed by atoms with van der Waals surface area (Å²) >= 11 is 0. The number of benzene rings is 6. The van der Waals surface area contributed by atoms with Crippen LogP contribution in [0.25, 0.3) is 44.1 Å². The van der Waals surface area contributed by atoms with Crippen molar-refractivity contribution >= 4 is 33.4 Å². The third-order valence-corrected chi connectivity index (χ3v) is 15.6. The Morgan fingerprint density at radius 1 is 0.426 bits per heavy atom. The van der Waals surface area contributed by atoms with Gasteiger partial charge in [-0.1, -0.05) is 172 Å². The highest BCUT2D eigenvalue weighted by Gasteiger charge is 2.31. The summed E-state index contributed by atoms with van der Waals surface area (Å²) < 4.78 is 0. The summed E-state index contributed by atoms with van der Waals surface area (Å²) in [5, 5.41) is 2.47. The molecular weight excluding hydrogens is 829 g/mol. The average Bonchev–Trinajstić information content (AvgIpc) is 3.42. The lowest BCUT2D eigenvalue weighted by Gasteiger charge is -2.33. The topological polar surface area (TPSA) is 59.9 Å². The Bertz CT molecular complexity index is 2670. The van der Waals surface area contributed by atoms with Gasteiger partial charge in [-0.25, -0.2) is 0 Å². The van der Waals surface area contributed by atoms with Gasteiger partial charge in [0.2, 0.25) is 0 Å². The number of rotatable bonds is 14. The van der Waals surface area contributed by atoms with Crippen molar-refractivity contribution in [2.24, 2.45) is 23.7 Å². The minimum absolute atomic E-state index is 0.285. The molecule has 0 bridgehead atoms. The molecule has 2 fully saturated rings. The van der Waals surface area contributed by atoms with Crippen molar-refractivity contribution in [2.45, 2.75) is 103 Å². The molecule has 0 aliphatic heterocycles. The lowest BCUT2D eigenvalue weighted by Crippen LogP contribution is -2.23. The SMILES string of the molecule is CC[C@@H](CC(=O)c1ccc(-c2ccccc2)cc1)C1CCC(c2cnc3ccccc3c2)CC1.CC[C@H](CC(=O)c1ccc(-c2ccccc2)cc1)C1CCC(c2cnc3ccccc3c2)CC1. The second kappa shape index (κ2) is 22.5. The van der Waals surface area contributed by atoms with Gasteiger partial charge in [-0.05, 0) is 145 Å². The first-order valence-corrected chi connectivity index (χ1v) is 25.5. The molecular formula is C64H66N2O2. The predicted octanol–water partition coefficient (Wildman–Crippen LogP) is 16.9. The highest BCUT2D eigenvalue weighted by atomic mass is 16.1. The molecule has 8 aromatic rings. The number of fused-ring (bicyclic) bond motifs is 2. The van der Waals surface area contributed by atoms with Crippen molar-refractivity contribution in [3.05, 3.63) is 205 Å². The Labute approximate surface area is 404 Å². The molecule has 0 N–H and O–H groups in total. The molecule has 2 aromatic heterocycles. The van der Waals surface area contributed by atoms with E-state index in [4.69, 9.17) is 0 Å². The van der Waals surface area contributed by atoms with Crippen LogP contribution < -0.4 is 0 Å². The van der Waals surface area contributed by atoms with E-state index in [9.17, 15) is 9.59 Å². The summed E-state index contributed by atoms with van der Waals surface area (Å²) in [5.74, 6) is 3.97. The molecule has 344 valence electrons. The van der Waals surface area contributed by atoms with Crippen LogP contribution in [0, 0.1) is 23.7 Å². The molecule has 2 saturated carbocycles. The molecule has 2 aliphatic rings. The molecule has 4 heteroatoms. The number of carbonyl (C=O) groups is 2. The van der Waals surface area contributed by atoms with Gasteiger partial charge in [-0.2, -0.15) is 0 Å². The minimum atomic E-state index is 0.285. The van der Waals surface area contributed by atoms with E-state index < -0.39 is 0 Å². The van der Waals surface area contributed by atoms with Crippen LogP contribution in [0.5, 0.6) is 0 Å². The summed E-state index contributed by atoms with van der Waals surface area (Å²) in [7, 11) is 0. The van der Waals surface area contributed by atoms with Crippen LogP contribution in [0.3, 0.4) is 0 Å². The van der Waals surface area contributed by atoms with Gasteiger partial charge in [0.1, 0.15) is 0 Å². The zero-order chi connectivity index (χ0) is 46.7. The Morgan fingerprint density at radius 2 is 0.765 bits per heavy atom. The molecule has 0 radical (unpaired) electrons. The molecule has 4 nitrogen and oxygen atoms in total. The summed E-state index contributed by atoms with van der Waals surface area (Å²) in [6, 6.07) is 58.4. The third kappa shape index (κ3) is 11.4. The fourth-order valence-corrected chi connectivity index (χ4v) is 11.4. The number of hydrogen-bond acceptors (Lipinski definition) is 4. The number of aromatic nitrogens is 2. The summed E-state index contributed by atoms with van der Waals surface area (Å²) in [5.41, 5.74) is 11.3. The van der Waals surface area contributed by atoms with Crippen LogP contribution in [0.4, 0.5) is 0 Å². The zero-order valence-electron chi connectivity index (χ0n) is 40.0. The maximum Gasteiger partial charge on any atom is 0.163 e. The van der Waals surface area contributed by atoms with Crippen LogP contribution in [-0.2, 0) is 0 Å². The van der Waals surface area contributed by atoms with E-state index in [-0.39, 0.29) is 11.6 Å². The number of hydrogen-bond donors (Lipinski definition) is 0. The van der Waals surface area contributed by atoms with E-state index in [1.807, 2.05) is 72.8 Å². The van der Waals surface area contributed by atoms with E-state index in [2.05, 4.69) is 133 Å².